The van der Waals surface area contributed by atoms with Crippen LogP contribution in [0.15, 0.2) is 47.6 Å². The fourth-order valence-corrected chi connectivity index (χ4v) is 3.53. The van der Waals surface area contributed by atoms with E-state index in [0.717, 1.165) is 11.9 Å². The molecule has 1 aliphatic carbocycles. The van der Waals surface area contributed by atoms with E-state index >= 15 is 0 Å². The molecule has 13 heteroatoms. The molecule has 168 valence electrons. The molecule has 1 fully saturated rings. The van der Waals surface area contributed by atoms with Crippen molar-refractivity contribution in [2.75, 3.05) is 6.61 Å². The largest absolute Gasteiger partial charge is 0.476 e. The molecule has 0 aliphatic heterocycles. The second-order valence-corrected chi connectivity index (χ2v) is 8.19. The summed E-state index contributed by atoms with van der Waals surface area (Å²) in [7, 11) is 0. The summed E-state index contributed by atoms with van der Waals surface area (Å²) in [5.74, 6) is -1.00. The first-order valence-electron chi connectivity index (χ1n) is 9.19. The van der Waals surface area contributed by atoms with E-state index in [-0.39, 0.29) is 40.3 Å². The van der Waals surface area contributed by atoms with Gasteiger partial charge in [-0.2, -0.15) is 17.6 Å². The van der Waals surface area contributed by atoms with Crippen LogP contribution in [-0.4, -0.2) is 38.4 Å². The molecule has 0 radical (unpaired) electrons. The lowest BCUT2D eigenvalue weighted by Gasteiger charge is -2.18. The van der Waals surface area contributed by atoms with Gasteiger partial charge in [-0.25, -0.2) is 14.6 Å². The lowest BCUT2D eigenvalue weighted by atomic mass is 10.1. The van der Waals surface area contributed by atoms with Crippen molar-refractivity contribution in [2.24, 2.45) is 5.41 Å². The maximum atomic E-state index is 13.1. The summed E-state index contributed by atoms with van der Waals surface area (Å²) >= 11 is 6.93. The van der Waals surface area contributed by atoms with Gasteiger partial charge in [-0.15, -0.1) is 5.10 Å². The average molecular weight is 488 g/mol. The van der Waals surface area contributed by atoms with Crippen LogP contribution in [0.2, 0.25) is 5.15 Å². The van der Waals surface area contributed by atoms with Gasteiger partial charge in [0.05, 0.1) is 5.56 Å². The molecule has 3 aromatic rings. The van der Waals surface area contributed by atoms with E-state index in [1.807, 2.05) is 0 Å². The third-order valence-electron chi connectivity index (χ3n) is 4.77. The molecule has 0 bridgehead atoms. The van der Waals surface area contributed by atoms with Crippen molar-refractivity contribution in [3.05, 3.63) is 59.3 Å². The van der Waals surface area contributed by atoms with E-state index in [0.29, 0.717) is 0 Å². The fraction of sp³-hybridized carbons (Fsp3) is 0.263. The number of carbonyl (C=O) groups excluding carboxylic acids is 1. The Labute approximate surface area is 188 Å². The second kappa shape index (κ2) is 8.58. The Morgan fingerprint density at radius 3 is 2.66 bits per heavy atom. The Morgan fingerprint density at radius 1 is 1.22 bits per heavy atom. The zero-order chi connectivity index (χ0) is 22.9. The number of hydrogen-bond acceptors (Lipinski definition) is 6. The highest BCUT2D eigenvalue weighted by molar-refractivity contribution is 7.97. The zero-order valence-corrected chi connectivity index (χ0v) is 17.6. The Hall–Kier alpha value is -2.86. The summed E-state index contributed by atoms with van der Waals surface area (Å²) in [5.41, 5.74) is -1.74. The van der Waals surface area contributed by atoms with Crippen LogP contribution in [0.5, 0.6) is 5.88 Å². The van der Waals surface area contributed by atoms with Crippen molar-refractivity contribution >= 4 is 29.5 Å². The summed E-state index contributed by atoms with van der Waals surface area (Å²) in [5, 5.41) is 4.18. The Morgan fingerprint density at radius 2 is 2.00 bits per heavy atom. The van der Waals surface area contributed by atoms with Crippen LogP contribution in [0.1, 0.15) is 23.2 Å². The van der Waals surface area contributed by atoms with Gasteiger partial charge in [0.15, 0.2) is 5.82 Å². The number of carbonyl (C=O) groups is 1. The third-order valence-corrected chi connectivity index (χ3v) is 5.78. The van der Waals surface area contributed by atoms with Gasteiger partial charge in [-0.05, 0) is 37.1 Å². The second-order valence-electron chi connectivity index (χ2n) is 7.00. The maximum absolute atomic E-state index is 13.1. The number of amides is 1. The number of nitrogens with zero attached hydrogens (tertiary/aromatic N) is 4. The number of rotatable bonds is 7. The maximum Gasteiger partial charge on any atom is 0.397 e. The average Bonchev–Trinajstić information content (AvgIpc) is 3.41. The molecule has 1 N–H and O–H groups in total. The van der Waals surface area contributed by atoms with E-state index < -0.39 is 30.1 Å². The zero-order valence-electron chi connectivity index (χ0n) is 16.1. The van der Waals surface area contributed by atoms with E-state index in [1.165, 1.54) is 47.3 Å². The standard InChI is InChI=1S/C19H14ClF4N5O2S/c20-16-11(17(30)28-32-15-3-1-2-12(21)25-15)4-5-13(26-16)29-9-6-14(27-29)31-10-18(7-8-18)19(22,23)24/h1-6,9H,7-8,10H2,(H,28,30). The predicted octanol–water partition coefficient (Wildman–Crippen LogP) is 4.61. The molecule has 4 rings (SSSR count). The molecule has 0 spiro atoms. The first-order chi connectivity index (χ1) is 15.2. The van der Waals surface area contributed by atoms with E-state index in [4.69, 9.17) is 16.3 Å². The van der Waals surface area contributed by atoms with Gasteiger partial charge in [0, 0.05) is 24.2 Å². The van der Waals surface area contributed by atoms with Gasteiger partial charge in [-0.1, -0.05) is 17.7 Å². The number of pyridine rings is 2. The smallest absolute Gasteiger partial charge is 0.397 e. The van der Waals surface area contributed by atoms with Crippen LogP contribution >= 0.6 is 23.5 Å². The fourth-order valence-electron chi connectivity index (χ4n) is 2.71. The molecule has 0 unspecified atom stereocenters. The molecule has 0 aromatic carbocycles. The lowest BCUT2D eigenvalue weighted by molar-refractivity contribution is -0.194. The van der Waals surface area contributed by atoms with E-state index in [2.05, 4.69) is 19.8 Å². The molecule has 1 saturated carbocycles. The van der Waals surface area contributed by atoms with E-state index in [9.17, 15) is 22.4 Å². The summed E-state index contributed by atoms with van der Waals surface area (Å²) < 4.78 is 61.1. The van der Waals surface area contributed by atoms with Crippen molar-refractivity contribution in [3.8, 4) is 11.7 Å². The highest BCUT2D eigenvalue weighted by Crippen LogP contribution is 2.57. The van der Waals surface area contributed by atoms with Crippen molar-refractivity contribution in [2.45, 2.75) is 24.0 Å². The van der Waals surface area contributed by atoms with Crippen molar-refractivity contribution < 1.29 is 27.1 Å². The first kappa shape index (κ1) is 22.3. The molecule has 3 aromatic heterocycles. The minimum atomic E-state index is -4.32. The number of alkyl halides is 3. The molecule has 7 nitrogen and oxygen atoms in total. The molecule has 1 amide bonds. The Kier molecular flexibility index (Phi) is 5.99. The molecule has 3 heterocycles. The monoisotopic (exact) mass is 487 g/mol. The van der Waals surface area contributed by atoms with Crippen LogP contribution in [0.3, 0.4) is 0 Å². The van der Waals surface area contributed by atoms with Gasteiger partial charge in [-0.3, -0.25) is 9.52 Å². The highest BCUT2D eigenvalue weighted by Gasteiger charge is 2.64. The number of halogens is 5. The normalized spacial score (nSPS) is 14.8. The Bertz CT molecular complexity index is 1150. The van der Waals surface area contributed by atoms with Crippen LogP contribution in [0, 0.1) is 11.4 Å². The summed E-state index contributed by atoms with van der Waals surface area (Å²) in [6, 6.07) is 8.43. The van der Waals surface area contributed by atoms with Crippen LogP contribution < -0.4 is 9.46 Å². The number of aromatic nitrogens is 4. The molecule has 0 saturated heterocycles. The van der Waals surface area contributed by atoms with Crippen LogP contribution in [0.25, 0.3) is 5.82 Å². The number of hydrogen-bond donors (Lipinski definition) is 1. The van der Waals surface area contributed by atoms with Crippen molar-refractivity contribution in [3.63, 3.8) is 0 Å². The minimum Gasteiger partial charge on any atom is -0.476 e. The van der Waals surface area contributed by atoms with Crippen molar-refractivity contribution in [1.82, 2.24) is 24.5 Å². The lowest BCUT2D eigenvalue weighted by Crippen LogP contribution is -2.30. The molecular weight excluding hydrogens is 474 g/mol. The van der Waals surface area contributed by atoms with Gasteiger partial charge in [0.1, 0.15) is 22.2 Å². The minimum absolute atomic E-state index is 0.0132. The topological polar surface area (TPSA) is 81.9 Å². The summed E-state index contributed by atoms with van der Waals surface area (Å²) in [4.78, 5) is 20.0. The van der Waals surface area contributed by atoms with Crippen LogP contribution in [-0.2, 0) is 0 Å². The molecule has 0 atom stereocenters. The highest BCUT2D eigenvalue weighted by atomic mass is 35.5. The summed E-state index contributed by atoms with van der Waals surface area (Å²) in [6.45, 7) is -0.501. The van der Waals surface area contributed by atoms with Gasteiger partial charge in [0.2, 0.25) is 11.8 Å². The molecule has 32 heavy (non-hydrogen) atoms. The van der Waals surface area contributed by atoms with Crippen molar-refractivity contribution in [1.29, 1.82) is 0 Å². The predicted molar refractivity (Wildman–Crippen MR) is 107 cm³/mol. The van der Waals surface area contributed by atoms with Crippen LogP contribution in [0.4, 0.5) is 17.6 Å². The van der Waals surface area contributed by atoms with Gasteiger partial charge in [0.25, 0.3) is 5.91 Å². The first-order valence-corrected chi connectivity index (χ1v) is 10.4. The van der Waals surface area contributed by atoms with E-state index in [1.54, 1.807) is 0 Å². The quantitative estimate of drug-likeness (QED) is 0.298. The number of ether oxygens (including phenoxy) is 1. The summed E-state index contributed by atoms with van der Waals surface area (Å²) in [6.07, 6.45) is -2.80. The molecular formula is C19H14ClF4N5O2S. The van der Waals surface area contributed by atoms with Gasteiger partial charge < -0.3 is 4.74 Å². The third kappa shape index (κ3) is 4.80. The Balaban J connectivity index is 1.39. The van der Waals surface area contributed by atoms with Gasteiger partial charge >= 0.3 is 6.18 Å². The number of nitrogens with one attached hydrogen (secondary N) is 1. The molecule has 1 aliphatic rings. The SMILES string of the molecule is O=C(NSc1cccc(F)n1)c1ccc(-n2ccc(OCC3(C(F)(F)F)CC3)n2)nc1Cl.